The Balaban J connectivity index is 2.34. The first-order chi connectivity index (χ1) is 8.13. The molecule has 0 saturated heterocycles. The molecule has 0 unspecified atom stereocenters. The number of rotatable bonds is 5. The Labute approximate surface area is 103 Å². The van der Waals surface area contributed by atoms with Gasteiger partial charge in [-0.2, -0.15) is 0 Å². The average Bonchev–Trinajstić information content (AvgIpc) is 2.54. The lowest BCUT2D eigenvalue weighted by Gasteiger charge is -2.16. The Morgan fingerprint density at radius 2 is 1.82 bits per heavy atom. The monoisotopic (exact) mass is 241 g/mol. The Kier molecular flexibility index (Phi) is 6.01. The zero-order chi connectivity index (χ0) is 12.7. The standard InChI is InChI=1S/C13H23NO3/c1-2-11(13(16)17)14-12(15)9-10-7-5-3-4-6-8-10/h10-11H,2-9H2,1H3,(H,14,15)(H,16,17)/t11-/m1/s1. The Hall–Kier alpha value is -1.06. The van der Waals surface area contributed by atoms with Crippen LogP contribution < -0.4 is 5.32 Å². The van der Waals surface area contributed by atoms with E-state index in [1.54, 1.807) is 6.92 Å². The van der Waals surface area contributed by atoms with Gasteiger partial charge in [0.05, 0.1) is 0 Å². The van der Waals surface area contributed by atoms with Crippen LogP contribution in [0.2, 0.25) is 0 Å². The minimum atomic E-state index is -0.943. The molecular weight excluding hydrogens is 218 g/mol. The third-order valence-electron chi connectivity index (χ3n) is 3.49. The van der Waals surface area contributed by atoms with Crippen LogP contribution in [0.1, 0.15) is 58.3 Å². The number of carbonyl (C=O) groups excluding carboxylic acids is 1. The van der Waals surface area contributed by atoms with E-state index in [1.807, 2.05) is 0 Å². The van der Waals surface area contributed by atoms with E-state index in [1.165, 1.54) is 25.7 Å². The third-order valence-corrected chi connectivity index (χ3v) is 3.49. The summed E-state index contributed by atoms with van der Waals surface area (Å²) in [6.07, 6.45) is 8.09. The first-order valence-electron chi connectivity index (χ1n) is 6.65. The van der Waals surface area contributed by atoms with E-state index in [2.05, 4.69) is 5.32 Å². The molecule has 4 nitrogen and oxygen atoms in total. The summed E-state index contributed by atoms with van der Waals surface area (Å²) in [5.74, 6) is -0.600. The van der Waals surface area contributed by atoms with Gasteiger partial charge in [-0.3, -0.25) is 4.79 Å². The second-order valence-electron chi connectivity index (χ2n) is 4.93. The van der Waals surface area contributed by atoms with Crippen LogP contribution >= 0.6 is 0 Å². The van der Waals surface area contributed by atoms with E-state index in [0.29, 0.717) is 18.8 Å². The first kappa shape index (κ1) is 14.0. The molecule has 2 N–H and O–H groups in total. The Morgan fingerprint density at radius 1 is 1.24 bits per heavy atom. The second-order valence-corrected chi connectivity index (χ2v) is 4.93. The molecule has 0 aromatic heterocycles. The normalized spacial score (nSPS) is 19.4. The van der Waals surface area contributed by atoms with Gasteiger partial charge in [-0.25, -0.2) is 4.79 Å². The molecule has 1 aliphatic rings. The highest BCUT2D eigenvalue weighted by Crippen LogP contribution is 2.25. The highest BCUT2D eigenvalue weighted by molar-refractivity contribution is 5.83. The summed E-state index contributed by atoms with van der Waals surface area (Å²) in [4.78, 5) is 22.5. The molecular formula is C13H23NO3. The molecule has 1 atom stereocenters. The molecule has 1 aliphatic carbocycles. The van der Waals surface area contributed by atoms with Crippen molar-refractivity contribution in [2.24, 2.45) is 5.92 Å². The summed E-state index contributed by atoms with van der Waals surface area (Å²) in [6, 6.07) is -0.728. The molecule has 0 aromatic rings. The first-order valence-corrected chi connectivity index (χ1v) is 6.65. The van der Waals surface area contributed by atoms with E-state index >= 15 is 0 Å². The van der Waals surface area contributed by atoms with Crippen molar-refractivity contribution in [3.63, 3.8) is 0 Å². The van der Waals surface area contributed by atoms with Crippen LogP contribution in [0.3, 0.4) is 0 Å². The highest BCUT2D eigenvalue weighted by Gasteiger charge is 2.20. The molecule has 0 aromatic carbocycles. The predicted octanol–water partition coefficient (Wildman–Crippen LogP) is 2.33. The van der Waals surface area contributed by atoms with Crippen molar-refractivity contribution in [1.82, 2.24) is 5.32 Å². The topological polar surface area (TPSA) is 66.4 Å². The summed E-state index contributed by atoms with van der Waals surface area (Å²) in [6.45, 7) is 1.77. The number of hydrogen-bond acceptors (Lipinski definition) is 2. The second kappa shape index (κ2) is 7.30. The van der Waals surface area contributed by atoms with Crippen LogP contribution in [0.15, 0.2) is 0 Å². The lowest BCUT2D eigenvalue weighted by Crippen LogP contribution is -2.40. The predicted molar refractivity (Wildman–Crippen MR) is 65.7 cm³/mol. The number of carbonyl (C=O) groups is 2. The van der Waals surface area contributed by atoms with Crippen molar-refractivity contribution >= 4 is 11.9 Å². The molecule has 1 amide bonds. The van der Waals surface area contributed by atoms with Crippen LogP contribution in [0.4, 0.5) is 0 Å². The molecule has 0 radical (unpaired) electrons. The molecule has 17 heavy (non-hydrogen) atoms. The van der Waals surface area contributed by atoms with Gasteiger partial charge in [0.1, 0.15) is 6.04 Å². The number of nitrogens with one attached hydrogen (secondary N) is 1. The maximum Gasteiger partial charge on any atom is 0.326 e. The molecule has 0 heterocycles. The lowest BCUT2D eigenvalue weighted by molar-refractivity contribution is -0.142. The average molecular weight is 241 g/mol. The van der Waals surface area contributed by atoms with Gasteiger partial charge in [0, 0.05) is 6.42 Å². The zero-order valence-corrected chi connectivity index (χ0v) is 10.6. The Morgan fingerprint density at radius 3 is 2.29 bits per heavy atom. The number of carboxylic acid groups (broad SMARTS) is 1. The van der Waals surface area contributed by atoms with Gasteiger partial charge in [0.2, 0.25) is 5.91 Å². The smallest absolute Gasteiger partial charge is 0.326 e. The van der Waals surface area contributed by atoms with E-state index < -0.39 is 12.0 Å². The van der Waals surface area contributed by atoms with Gasteiger partial charge in [-0.1, -0.05) is 32.6 Å². The van der Waals surface area contributed by atoms with Crippen molar-refractivity contribution < 1.29 is 14.7 Å². The molecule has 1 rings (SSSR count). The summed E-state index contributed by atoms with van der Waals surface area (Å²) in [5, 5.41) is 11.5. The van der Waals surface area contributed by atoms with Gasteiger partial charge in [-0.15, -0.1) is 0 Å². The van der Waals surface area contributed by atoms with Crippen LogP contribution in [-0.2, 0) is 9.59 Å². The van der Waals surface area contributed by atoms with Gasteiger partial charge in [-0.05, 0) is 25.2 Å². The van der Waals surface area contributed by atoms with E-state index in [0.717, 1.165) is 12.8 Å². The molecule has 1 saturated carbocycles. The van der Waals surface area contributed by atoms with Crippen molar-refractivity contribution in [3.05, 3.63) is 0 Å². The maximum atomic E-state index is 11.7. The summed E-state index contributed by atoms with van der Waals surface area (Å²) >= 11 is 0. The molecule has 0 spiro atoms. The van der Waals surface area contributed by atoms with E-state index in [4.69, 9.17) is 5.11 Å². The quantitative estimate of drug-likeness (QED) is 0.726. The fraction of sp³-hybridized carbons (Fsp3) is 0.846. The van der Waals surface area contributed by atoms with Crippen molar-refractivity contribution in [2.45, 2.75) is 64.3 Å². The van der Waals surface area contributed by atoms with Crippen LogP contribution in [0.5, 0.6) is 0 Å². The number of aliphatic carboxylic acids is 1. The van der Waals surface area contributed by atoms with Crippen molar-refractivity contribution in [2.75, 3.05) is 0 Å². The van der Waals surface area contributed by atoms with Gasteiger partial charge < -0.3 is 10.4 Å². The van der Waals surface area contributed by atoms with Gasteiger partial charge in [0.15, 0.2) is 0 Å². The minimum absolute atomic E-state index is 0.105. The molecule has 98 valence electrons. The largest absolute Gasteiger partial charge is 0.480 e. The van der Waals surface area contributed by atoms with Crippen molar-refractivity contribution in [1.29, 1.82) is 0 Å². The SMILES string of the molecule is CC[C@@H](NC(=O)CC1CCCCCC1)C(=O)O. The van der Waals surface area contributed by atoms with E-state index in [9.17, 15) is 9.59 Å². The molecule has 1 fully saturated rings. The number of carboxylic acids is 1. The number of hydrogen-bond donors (Lipinski definition) is 2. The third kappa shape index (κ3) is 5.20. The van der Waals surface area contributed by atoms with E-state index in [-0.39, 0.29) is 5.91 Å². The number of amides is 1. The van der Waals surface area contributed by atoms with Gasteiger partial charge in [0.25, 0.3) is 0 Å². The highest BCUT2D eigenvalue weighted by atomic mass is 16.4. The fourth-order valence-electron chi connectivity index (χ4n) is 2.42. The Bertz CT molecular complexity index is 257. The molecule has 0 aliphatic heterocycles. The van der Waals surface area contributed by atoms with Gasteiger partial charge >= 0.3 is 5.97 Å². The molecule has 0 bridgehead atoms. The lowest BCUT2D eigenvalue weighted by atomic mass is 9.96. The minimum Gasteiger partial charge on any atom is -0.480 e. The summed E-state index contributed by atoms with van der Waals surface area (Å²) in [7, 11) is 0. The summed E-state index contributed by atoms with van der Waals surface area (Å²) in [5.41, 5.74) is 0. The fourth-order valence-corrected chi connectivity index (χ4v) is 2.42. The zero-order valence-electron chi connectivity index (χ0n) is 10.6. The maximum absolute atomic E-state index is 11.7. The summed E-state index contributed by atoms with van der Waals surface area (Å²) < 4.78 is 0. The molecule has 4 heteroatoms. The van der Waals surface area contributed by atoms with Crippen LogP contribution in [0, 0.1) is 5.92 Å². The van der Waals surface area contributed by atoms with Crippen LogP contribution in [0.25, 0.3) is 0 Å². The van der Waals surface area contributed by atoms with Crippen molar-refractivity contribution in [3.8, 4) is 0 Å². The van der Waals surface area contributed by atoms with Crippen LogP contribution in [-0.4, -0.2) is 23.0 Å².